The Labute approximate surface area is 170 Å². The number of amides is 2. The lowest BCUT2D eigenvalue weighted by Crippen LogP contribution is -2.27. The fraction of sp³-hybridized carbons (Fsp3) is 0.273. The second-order valence-electron chi connectivity index (χ2n) is 7.08. The van der Waals surface area contributed by atoms with Crippen molar-refractivity contribution in [3.8, 4) is 5.75 Å². The highest BCUT2D eigenvalue weighted by Crippen LogP contribution is 2.25. The molecule has 0 bridgehead atoms. The van der Waals surface area contributed by atoms with Crippen molar-refractivity contribution in [1.29, 1.82) is 0 Å². The van der Waals surface area contributed by atoms with E-state index in [0.717, 1.165) is 12.1 Å². The van der Waals surface area contributed by atoms with Crippen molar-refractivity contribution in [2.24, 2.45) is 0 Å². The molecule has 29 heavy (non-hydrogen) atoms. The minimum atomic E-state index is -0.767. The summed E-state index contributed by atoms with van der Waals surface area (Å²) in [7, 11) is 0. The minimum Gasteiger partial charge on any atom is -0.455 e. The Morgan fingerprint density at radius 3 is 2.38 bits per heavy atom. The van der Waals surface area contributed by atoms with Gasteiger partial charge in [0.15, 0.2) is 11.6 Å². The lowest BCUT2D eigenvalue weighted by atomic mass is 10.2. The van der Waals surface area contributed by atoms with E-state index in [0.29, 0.717) is 11.3 Å². The molecule has 0 fully saturated rings. The van der Waals surface area contributed by atoms with E-state index in [4.69, 9.17) is 9.47 Å². The number of anilines is 1. The lowest BCUT2D eigenvalue weighted by molar-refractivity contribution is -0.115. The Morgan fingerprint density at radius 2 is 1.90 bits per heavy atom. The van der Waals surface area contributed by atoms with Gasteiger partial charge in [-0.3, -0.25) is 10.1 Å². The average molecular weight is 402 g/mol. The van der Waals surface area contributed by atoms with Gasteiger partial charge in [-0.1, -0.05) is 19.2 Å². The molecule has 0 atom stereocenters. The highest BCUT2D eigenvalue weighted by atomic mass is 19.1. The Kier molecular flexibility index (Phi) is 8.38. The Hall–Kier alpha value is -3.35. The first-order valence-corrected chi connectivity index (χ1v) is 8.90. The molecule has 0 radical (unpaired) electrons. The topological polar surface area (TPSA) is 76.7 Å². The van der Waals surface area contributed by atoms with E-state index < -0.39 is 23.4 Å². The standard InChI is InChI=1S/C22H27FN2O4/c1-8-10-18(20(14(3)4)25-19(26)9-2)28-15-11-12-17(16(23)13-15)24-21(27)29-22(5,6)7/h8-13H,2-3H2,1,4-7H3,(H,24,27)(H,25,26)/b10-8-,20-18-. The second-order valence-corrected chi connectivity index (χ2v) is 7.08. The molecule has 0 saturated carbocycles. The maximum absolute atomic E-state index is 14.4. The van der Waals surface area contributed by atoms with E-state index in [2.05, 4.69) is 23.8 Å². The number of ether oxygens (including phenoxy) is 2. The Morgan fingerprint density at radius 1 is 1.24 bits per heavy atom. The Balaban J connectivity index is 3.13. The van der Waals surface area contributed by atoms with Gasteiger partial charge in [0.05, 0.1) is 11.4 Å². The fourth-order valence-corrected chi connectivity index (χ4v) is 2.07. The molecular formula is C22H27FN2O4. The molecule has 7 heteroatoms. The number of allylic oxidation sites excluding steroid dienone is 3. The first-order chi connectivity index (χ1) is 13.5. The summed E-state index contributed by atoms with van der Waals surface area (Å²) in [6.07, 6.45) is 3.66. The summed E-state index contributed by atoms with van der Waals surface area (Å²) in [5.74, 6) is -0.712. The molecule has 0 unspecified atom stereocenters. The van der Waals surface area contributed by atoms with Gasteiger partial charge >= 0.3 is 6.09 Å². The Bertz CT molecular complexity index is 864. The monoisotopic (exact) mass is 402 g/mol. The number of nitrogens with one attached hydrogen (secondary N) is 2. The highest BCUT2D eigenvalue weighted by molar-refractivity contribution is 5.89. The van der Waals surface area contributed by atoms with Gasteiger partial charge < -0.3 is 14.8 Å². The number of benzene rings is 1. The molecule has 0 aliphatic heterocycles. The van der Waals surface area contributed by atoms with Crippen LogP contribution in [0.3, 0.4) is 0 Å². The van der Waals surface area contributed by atoms with Gasteiger partial charge in [0.1, 0.15) is 11.4 Å². The third-order valence-electron chi connectivity index (χ3n) is 3.23. The van der Waals surface area contributed by atoms with Crippen molar-refractivity contribution >= 4 is 17.7 Å². The molecule has 156 valence electrons. The smallest absolute Gasteiger partial charge is 0.412 e. The van der Waals surface area contributed by atoms with Crippen LogP contribution in [0.4, 0.5) is 14.9 Å². The van der Waals surface area contributed by atoms with Crippen LogP contribution in [0, 0.1) is 5.82 Å². The quantitative estimate of drug-likeness (QED) is 0.373. The van der Waals surface area contributed by atoms with E-state index in [9.17, 15) is 14.0 Å². The predicted molar refractivity (Wildman–Crippen MR) is 112 cm³/mol. The van der Waals surface area contributed by atoms with Crippen LogP contribution in [0.2, 0.25) is 0 Å². The fourth-order valence-electron chi connectivity index (χ4n) is 2.07. The van der Waals surface area contributed by atoms with Crippen molar-refractivity contribution < 1.29 is 23.5 Å². The largest absolute Gasteiger partial charge is 0.455 e. The maximum Gasteiger partial charge on any atom is 0.412 e. The summed E-state index contributed by atoms with van der Waals surface area (Å²) in [5.41, 5.74) is 0.120. The number of hydrogen-bond donors (Lipinski definition) is 2. The van der Waals surface area contributed by atoms with E-state index in [1.54, 1.807) is 46.8 Å². The van der Waals surface area contributed by atoms with Crippen LogP contribution in [0.25, 0.3) is 0 Å². The molecule has 2 amide bonds. The molecule has 1 aromatic rings. The van der Waals surface area contributed by atoms with Gasteiger partial charge in [-0.15, -0.1) is 0 Å². The van der Waals surface area contributed by atoms with Crippen molar-refractivity contribution in [1.82, 2.24) is 5.32 Å². The molecule has 0 heterocycles. The first-order valence-electron chi connectivity index (χ1n) is 8.90. The van der Waals surface area contributed by atoms with E-state index in [-0.39, 0.29) is 17.2 Å². The molecule has 2 N–H and O–H groups in total. The van der Waals surface area contributed by atoms with Gasteiger partial charge in [0.25, 0.3) is 0 Å². The lowest BCUT2D eigenvalue weighted by Gasteiger charge is -2.20. The van der Waals surface area contributed by atoms with Crippen LogP contribution in [0.5, 0.6) is 5.75 Å². The molecule has 0 aliphatic rings. The normalized spacial score (nSPS) is 12.1. The third-order valence-corrected chi connectivity index (χ3v) is 3.23. The van der Waals surface area contributed by atoms with Crippen LogP contribution >= 0.6 is 0 Å². The summed E-state index contributed by atoms with van der Waals surface area (Å²) in [4.78, 5) is 23.5. The average Bonchev–Trinajstić information content (AvgIpc) is 2.59. The molecule has 1 aromatic carbocycles. The summed E-state index contributed by atoms with van der Waals surface area (Å²) in [6.45, 7) is 15.8. The maximum atomic E-state index is 14.4. The number of carbonyl (C=O) groups is 2. The number of hydrogen-bond acceptors (Lipinski definition) is 4. The van der Waals surface area contributed by atoms with E-state index in [1.807, 2.05) is 0 Å². The predicted octanol–water partition coefficient (Wildman–Crippen LogP) is 5.22. The van der Waals surface area contributed by atoms with Gasteiger partial charge in [0.2, 0.25) is 5.91 Å². The van der Waals surface area contributed by atoms with Crippen LogP contribution < -0.4 is 15.4 Å². The molecule has 0 aliphatic carbocycles. The summed E-state index contributed by atoms with van der Waals surface area (Å²) < 4.78 is 25.3. The zero-order chi connectivity index (χ0) is 22.2. The van der Waals surface area contributed by atoms with Crippen molar-refractivity contribution in [2.45, 2.75) is 40.2 Å². The van der Waals surface area contributed by atoms with Gasteiger partial charge in [-0.2, -0.15) is 0 Å². The zero-order valence-electron chi connectivity index (χ0n) is 17.4. The van der Waals surface area contributed by atoms with E-state index >= 15 is 0 Å². The van der Waals surface area contributed by atoms with Gasteiger partial charge in [-0.05, 0) is 64.5 Å². The third kappa shape index (κ3) is 8.04. The number of carbonyl (C=O) groups excluding carboxylic acids is 2. The SMILES string of the molecule is C=CC(=O)N/C(C(=C)C)=C(/C=C\C)Oc1ccc(NC(=O)OC(C)(C)C)c(F)c1. The first kappa shape index (κ1) is 23.7. The van der Waals surface area contributed by atoms with Gasteiger partial charge in [-0.25, -0.2) is 9.18 Å². The van der Waals surface area contributed by atoms with E-state index in [1.165, 1.54) is 12.1 Å². The van der Waals surface area contributed by atoms with Crippen molar-refractivity contribution in [3.05, 3.63) is 72.4 Å². The summed E-state index contributed by atoms with van der Waals surface area (Å²) in [6, 6.07) is 3.94. The van der Waals surface area contributed by atoms with Crippen LogP contribution in [-0.4, -0.2) is 17.6 Å². The minimum absolute atomic E-state index is 0.0525. The van der Waals surface area contributed by atoms with Crippen molar-refractivity contribution in [3.63, 3.8) is 0 Å². The summed E-state index contributed by atoms with van der Waals surface area (Å²) >= 11 is 0. The second kappa shape index (κ2) is 10.3. The molecule has 1 rings (SSSR count). The van der Waals surface area contributed by atoms with Gasteiger partial charge in [0, 0.05) is 6.07 Å². The number of halogens is 1. The van der Waals surface area contributed by atoms with Crippen molar-refractivity contribution in [2.75, 3.05) is 5.32 Å². The zero-order valence-corrected chi connectivity index (χ0v) is 17.4. The summed E-state index contributed by atoms with van der Waals surface area (Å²) in [5, 5.41) is 4.97. The molecule has 0 aromatic heterocycles. The molecule has 6 nitrogen and oxygen atoms in total. The van der Waals surface area contributed by atoms with Crippen LogP contribution in [-0.2, 0) is 9.53 Å². The van der Waals surface area contributed by atoms with Crippen LogP contribution in [0.15, 0.2) is 66.6 Å². The molecule has 0 saturated heterocycles. The number of rotatable bonds is 7. The molecule has 0 spiro atoms. The highest BCUT2D eigenvalue weighted by Gasteiger charge is 2.18. The molecular weight excluding hydrogens is 375 g/mol. The van der Waals surface area contributed by atoms with Crippen LogP contribution in [0.1, 0.15) is 34.6 Å².